The summed E-state index contributed by atoms with van der Waals surface area (Å²) in [5.41, 5.74) is 5.59. The number of amides is 1. The number of hydrogen-bond donors (Lipinski definition) is 2. The summed E-state index contributed by atoms with van der Waals surface area (Å²) in [6.45, 7) is 4.13. The quantitative estimate of drug-likeness (QED) is 0.801. The molecule has 3 N–H and O–H groups in total. The average Bonchev–Trinajstić information content (AvgIpc) is 2.94. The molecule has 1 aliphatic heterocycles. The number of piperidine rings is 1. The molecule has 0 aliphatic carbocycles. The van der Waals surface area contributed by atoms with E-state index in [-0.39, 0.29) is 5.91 Å². The maximum Gasteiger partial charge on any atom is 0.234 e. The second-order valence-electron chi connectivity index (χ2n) is 5.48. The van der Waals surface area contributed by atoms with Crippen LogP contribution in [0.25, 0.3) is 0 Å². The Balaban J connectivity index is 1.58. The molecule has 2 rings (SSSR count). The van der Waals surface area contributed by atoms with E-state index in [1.807, 2.05) is 6.07 Å². The molecule has 0 spiro atoms. The Kier molecular flexibility index (Phi) is 6.50. The molecule has 1 amide bonds. The zero-order valence-corrected chi connectivity index (χ0v) is 12.8. The molecule has 20 heavy (non-hydrogen) atoms. The number of thiophene rings is 1. The molecule has 0 saturated carbocycles. The van der Waals surface area contributed by atoms with Crippen molar-refractivity contribution in [1.82, 2.24) is 10.2 Å². The van der Waals surface area contributed by atoms with E-state index in [2.05, 4.69) is 21.7 Å². The molecule has 0 atom stereocenters. The van der Waals surface area contributed by atoms with E-state index in [1.165, 1.54) is 17.7 Å². The summed E-state index contributed by atoms with van der Waals surface area (Å²) in [4.78, 5) is 15.5. The van der Waals surface area contributed by atoms with Gasteiger partial charge in [0.15, 0.2) is 0 Å². The van der Waals surface area contributed by atoms with Gasteiger partial charge < -0.3 is 11.1 Å². The first kappa shape index (κ1) is 15.5. The zero-order chi connectivity index (χ0) is 14.2. The molecular formula is C15H25N3OS. The van der Waals surface area contributed by atoms with Gasteiger partial charge in [0.05, 0.1) is 6.54 Å². The SMILES string of the molecule is NCCC1CCN(CC(=O)NCCc2cccs2)CC1. The maximum absolute atomic E-state index is 11.9. The molecule has 2 heterocycles. The Morgan fingerprint density at radius 3 is 2.90 bits per heavy atom. The van der Waals surface area contributed by atoms with Crippen LogP contribution in [0.1, 0.15) is 24.1 Å². The van der Waals surface area contributed by atoms with Crippen LogP contribution in [0.5, 0.6) is 0 Å². The Labute approximate surface area is 125 Å². The Bertz CT molecular complexity index is 386. The highest BCUT2D eigenvalue weighted by Gasteiger charge is 2.19. The highest BCUT2D eigenvalue weighted by atomic mass is 32.1. The lowest BCUT2D eigenvalue weighted by Gasteiger charge is -2.31. The number of rotatable bonds is 7. The third-order valence-corrected chi connectivity index (χ3v) is 4.86. The van der Waals surface area contributed by atoms with Crippen LogP contribution >= 0.6 is 11.3 Å². The minimum absolute atomic E-state index is 0.152. The summed E-state index contributed by atoms with van der Waals surface area (Å²) in [7, 11) is 0. The van der Waals surface area contributed by atoms with Gasteiger partial charge in [0.25, 0.3) is 0 Å². The van der Waals surface area contributed by atoms with E-state index in [0.29, 0.717) is 6.54 Å². The van der Waals surface area contributed by atoms with Crippen LogP contribution in [0.3, 0.4) is 0 Å². The van der Waals surface area contributed by atoms with Crippen molar-refractivity contribution < 1.29 is 4.79 Å². The molecule has 0 radical (unpaired) electrons. The smallest absolute Gasteiger partial charge is 0.234 e. The Hall–Kier alpha value is -0.910. The van der Waals surface area contributed by atoms with E-state index in [1.54, 1.807) is 11.3 Å². The lowest BCUT2D eigenvalue weighted by molar-refractivity contribution is -0.122. The van der Waals surface area contributed by atoms with Gasteiger partial charge in [-0.1, -0.05) is 6.07 Å². The maximum atomic E-state index is 11.9. The minimum Gasteiger partial charge on any atom is -0.355 e. The summed E-state index contributed by atoms with van der Waals surface area (Å²) in [6.07, 6.45) is 4.42. The second kappa shape index (κ2) is 8.39. The van der Waals surface area contributed by atoms with Crippen LogP contribution in [0.2, 0.25) is 0 Å². The van der Waals surface area contributed by atoms with Gasteiger partial charge in [-0.25, -0.2) is 0 Å². The summed E-state index contributed by atoms with van der Waals surface area (Å²) in [5.74, 6) is 0.914. The van der Waals surface area contributed by atoms with Crippen molar-refractivity contribution in [2.45, 2.75) is 25.7 Å². The summed E-state index contributed by atoms with van der Waals surface area (Å²) in [6, 6.07) is 4.16. The first-order valence-electron chi connectivity index (χ1n) is 7.49. The third-order valence-electron chi connectivity index (χ3n) is 3.92. The van der Waals surface area contributed by atoms with Gasteiger partial charge in [-0.3, -0.25) is 9.69 Å². The van der Waals surface area contributed by atoms with Crippen molar-refractivity contribution in [3.8, 4) is 0 Å². The molecule has 0 aromatic carbocycles. The van der Waals surface area contributed by atoms with E-state index in [4.69, 9.17) is 5.73 Å². The lowest BCUT2D eigenvalue weighted by atomic mass is 9.94. The molecule has 0 unspecified atom stereocenters. The third kappa shape index (κ3) is 5.23. The van der Waals surface area contributed by atoms with Crippen molar-refractivity contribution in [2.24, 2.45) is 11.7 Å². The molecule has 5 heteroatoms. The Morgan fingerprint density at radius 2 is 2.25 bits per heavy atom. The molecule has 4 nitrogen and oxygen atoms in total. The Morgan fingerprint density at radius 1 is 1.45 bits per heavy atom. The van der Waals surface area contributed by atoms with Crippen LogP contribution in [-0.2, 0) is 11.2 Å². The number of carbonyl (C=O) groups excluding carboxylic acids is 1. The highest BCUT2D eigenvalue weighted by Crippen LogP contribution is 2.19. The van der Waals surface area contributed by atoms with Crippen molar-refractivity contribution in [2.75, 3.05) is 32.7 Å². The van der Waals surface area contributed by atoms with Crippen molar-refractivity contribution in [1.29, 1.82) is 0 Å². The van der Waals surface area contributed by atoms with E-state index in [9.17, 15) is 4.79 Å². The van der Waals surface area contributed by atoms with Gasteiger partial charge in [0.1, 0.15) is 0 Å². The standard InChI is InChI=1S/C15H25N3OS/c16-7-3-13-5-9-18(10-6-13)12-15(19)17-8-4-14-2-1-11-20-14/h1-2,11,13H,3-10,12,16H2,(H,17,19). The van der Waals surface area contributed by atoms with Gasteiger partial charge in [0, 0.05) is 11.4 Å². The van der Waals surface area contributed by atoms with Gasteiger partial charge >= 0.3 is 0 Å². The largest absolute Gasteiger partial charge is 0.355 e. The van der Waals surface area contributed by atoms with Crippen molar-refractivity contribution in [3.05, 3.63) is 22.4 Å². The minimum atomic E-state index is 0.152. The molecule has 1 fully saturated rings. The summed E-state index contributed by atoms with van der Waals surface area (Å²) < 4.78 is 0. The average molecular weight is 295 g/mol. The monoisotopic (exact) mass is 295 g/mol. The first-order chi connectivity index (χ1) is 9.78. The van der Waals surface area contributed by atoms with Crippen molar-refractivity contribution >= 4 is 17.2 Å². The molecular weight excluding hydrogens is 270 g/mol. The fraction of sp³-hybridized carbons (Fsp3) is 0.667. The summed E-state index contributed by atoms with van der Waals surface area (Å²) >= 11 is 1.74. The number of carbonyl (C=O) groups is 1. The molecule has 112 valence electrons. The topological polar surface area (TPSA) is 58.4 Å². The number of nitrogens with one attached hydrogen (secondary N) is 1. The predicted molar refractivity (Wildman–Crippen MR) is 83.9 cm³/mol. The highest BCUT2D eigenvalue weighted by molar-refractivity contribution is 7.09. The lowest BCUT2D eigenvalue weighted by Crippen LogP contribution is -2.42. The van der Waals surface area contributed by atoms with Gasteiger partial charge in [0.2, 0.25) is 5.91 Å². The number of hydrogen-bond acceptors (Lipinski definition) is 4. The number of likely N-dealkylation sites (tertiary alicyclic amines) is 1. The fourth-order valence-electron chi connectivity index (χ4n) is 2.71. The molecule has 0 bridgehead atoms. The second-order valence-corrected chi connectivity index (χ2v) is 6.51. The fourth-order valence-corrected chi connectivity index (χ4v) is 3.42. The van der Waals surface area contributed by atoms with E-state index < -0.39 is 0 Å². The number of nitrogens with zero attached hydrogens (tertiary/aromatic N) is 1. The summed E-state index contributed by atoms with van der Waals surface area (Å²) in [5, 5.41) is 5.08. The number of nitrogens with two attached hydrogens (primary N) is 1. The molecule has 1 aliphatic rings. The van der Waals surface area contributed by atoms with Gasteiger partial charge in [-0.05, 0) is 62.7 Å². The molecule has 1 aromatic rings. The van der Waals surface area contributed by atoms with Crippen LogP contribution in [0.15, 0.2) is 17.5 Å². The van der Waals surface area contributed by atoms with Crippen LogP contribution in [-0.4, -0.2) is 43.5 Å². The van der Waals surface area contributed by atoms with Gasteiger partial charge in [-0.2, -0.15) is 0 Å². The first-order valence-corrected chi connectivity index (χ1v) is 8.37. The van der Waals surface area contributed by atoms with Crippen LogP contribution in [0.4, 0.5) is 0 Å². The predicted octanol–water partition coefficient (Wildman–Crippen LogP) is 1.47. The van der Waals surface area contributed by atoms with E-state index >= 15 is 0 Å². The molecule has 1 saturated heterocycles. The van der Waals surface area contributed by atoms with Crippen LogP contribution in [0, 0.1) is 5.92 Å². The van der Waals surface area contributed by atoms with Crippen LogP contribution < -0.4 is 11.1 Å². The molecule has 1 aromatic heterocycles. The van der Waals surface area contributed by atoms with Crippen molar-refractivity contribution in [3.63, 3.8) is 0 Å². The van der Waals surface area contributed by atoms with Gasteiger partial charge in [-0.15, -0.1) is 11.3 Å². The normalized spacial score (nSPS) is 17.2. The van der Waals surface area contributed by atoms with E-state index in [0.717, 1.165) is 44.9 Å². The zero-order valence-electron chi connectivity index (χ0n) is 12.0.